The minimum absolute atomic E-state index is 0.0448. The van der Waals surface area contributed by atoms with Gasteiger partial charge in [-0.2, -0.15) is 21.7 Å². The van der Waals surface area contributed by atoms with Crippen LogP contribution < -0.4 is 21.5 Å². The Balaban J connectivity index is 1.94. The number of aliphatic imine (C=N–C) groups is 1. The van der Waals surface area contributed by atoms with Gasteiger partial charge < -0.3 is 26.0 Å². The van der Waals surface area contributed by atoms with Crippen LogP contribution in [-0.4, -0.2) is 52.6 Å². The van der Waals surface area contributed by atoms with Crippen molar-refractivity contribution < 1.29 is 18.8 Å². The van der Waals surface area contributed by atoms with Crippen molar-refractivity contribution >= 4 is 40.8 Å². The first-order chi connectivity index (χ1) is 15.8. The second-order valence-corrected chi connectivity index (χ2v) is 8.20. The molecule has 1 aliphatic carbocycles. The summed E-state index contributed by atoms with van der Waals surface area (Å²) in [5.74, 6) is 0.449. The third-order valence-corrected chi connectivity index (χ3v) is 5.30. The molecule has 0 unspecified atom stereocenters. The number of benzene rings is 1. The maximum absolute atomic E-state index is 11.9. The quantitative estimate of drug-likeness (QED) is 0.280. The van der Waals surface area contributed by atoms with E-state index < -0.39 is 11.6 Å². The molecule has 1 aromatic heterocycles. The monoisotopic (exact) mass is 471 g/mol. The van der Waals surface area contributed by atoms with Crippen LogP contribution in [0.2, 0.25) is 0 Å². The zero-order chi connectivity index (χ0) is 24.0. The molecule has 1 aromatic carbocycles. The van der Waals surface area contributed by atoms with Crippen molar-refractivity contribution in [1.29, 1.82) is 5.41 Å². The maximum Gasteiger partial charge on any atom is 0.268 e. The first-order valence-electron chi connectivity index (χ1n) is 10.1. The smallest absolute Gasteiger partial charge is 0.268 e. The van der Waals surface area contributed by atoms with E-state index in [4.69, 9.17) is 26.1 Å². The SMILES string of the molecule is COc1c(N/C(=C/C(N)=NC(=O)C2CC2)C(=N)C(N)=O)cccc1-c1noc(CCSC)n1. The van der Waals surface area contributed by atoms with Crippen molar-refractivity contribution in [3.63, 3.8) is 0 Å². The average molecular weight is 472 g/mol. The molecule has 1 fully saturated rings. The molecule has 0 saturated heterocycles. The number of amides is 2. The van der Waals surface area contributed by atoms with E-state index in [0.29, 0.717) is 35.1 Å². The highest BCUT2D eigenvalue weighted by Crippen LogP contribution is 2.36. The molecule has 1 heterocycles. The Morgan fingerprint density at radius 3 is 2.79 bits per heavy atom. The van der Waals surface area contributed by atoms with Crippen LogP contribution in [0.3, 0.4) is 0 Å². The number of hydrogen-bond acceptors (Lipinski definition) is 9. The zero-order valence-corrected chi connectivity index (χ0v) is 19.1. The van der Waals surface area contributed by atoms with Gasteiger partial charge in [-0.25, -0.2) is 0 Å². The Morgan fingerprint density at radius 2 is 2.15 bits per heavy atom. The normalized spacial score (nSPS) is 14.1. The van der Waals surface area contributed by atoms with E-state index in [0.717, 1.165) is 18.6 Å². The number of nitrogens with zero attached hydrogens (tertiary/aromatic N) is 3. The molecule has 12 heteroatoms. The molecular weight excluding hydrogens is 446 g/mol. The fourth-order valence-corrected chi connectivity index (χ4v) is 3.24. The maximum atomic E-state index is 11.9. The minimum Gasteiger partial charge on any atom is -0.494 e. The van der Waals surface area contributed by atoms with Gasteiger partial charge in [0.15, 0.2) is 5.75 Å². The van der Waals surface area contributed by atoms with Crippen molar-refractivity contribution in [3.05, 3.63) is 35.9 Å². The summed E-state index contributed by atoms with van der Waals surface area (Å²) in [6, 6.07) is 5.14. The Morgan fingerprint density at radius 1 is 1.39 bits per heavy atom. The molecule has 33 heavy (non-hydrogen) atoms. The van der Waals surface area contributed by atoms with Crippen LogP contribution in [0.1, 0.15) is 18.7 Å². The topological polar surface area (TPSA) is 183 Å². The molecule has 2 aromatic rings. The summed E-state index contributed by atoms with van der Waals surface area (Å²) in [6.07, 6.45) is 5.40. The number of nitrogens with two attached hydrogens (primary N) is 2. The molecular formula is C21H25N7O4S. The highest BCUT2D eigenvalue weighted by atomic mass is 32.2. The van der Waals surface area contributed by atoms with Crippen LogP contribution >= 0.6 is 11.8 Å². The Hall–Kier alpha value is -3.67. The number of aromatic nitrogens is 2. The number of primary amides is 1. The number of amidine groups is 1. The first kappa shape index (κ1) is 24.0. The summed E-state index contributed by atoms with van der Waals surface area (Å²) >= 11 is 1.67. The van der Waals surface area contributed by atoms with Crippen LogP contribution in [0.4, 0.5) is 5.69 Å². The molecule has 0 spiro atoms. The number of hydrogen-bond donors (Lipinski definition) is 4. The van der Waals surface area contributed by atoms with Gasteiger partial charge in [0.05, 0.1) is 24.1 Å². The lowest BCUT2D eigenvalue weighted by Gasteiger charge is -2.15. The van der Waals surface area contributed by atoms with Gasteiger partial charge >= 0.3 is 0 Å². The fourth-order valence-electron chi connectivity index (χ4n) is 2.86. The van der Waals surface area contributed by atoms with Crippen LogP contribution in [0.15, 0.2) is 39.5 Å². The minimum atomic E-state index is -0.984. The molecule has 0 aliphatic heterocycles. The number of nitrogens with one attached hydrogen (secondary N) is 2. The zero-order valence-electron chi connectivity index (χ0n) is 18.3. The summed E-state index contributed by atoms with van der Waals surface area (Å²) in [6.45, 7) is 0. The highest BCUT2D eigenvalue weighted by Gasteiger charge is 2.29. The summed E-state index contributed by atoms with van der Waals surface area (Å²) in [7, 11) is 1.46. The van der Waals surface area contributed by atoms with E-state index in [-0.39, 0.29) is 23.4 Å². The molecule has 11 nitrogen and oxygen atoms in total. The number of ether oxygens (including phenoxy) is 1. The van der Waals surface area contributed by atoms with E-state index in [2.05, 4.69) is 20.4 Å². The van der Waals surface area contributed by atoms with Gasteiger partial charge in [0.1, 0.15) is 11.5 Å². The third kappa shape index (κ3) is 6.19. The molecule has 2 amide bonds. The molecule has 174 valence electrons. The van der Waals surface area contributed by atoms with Crippen molar-refractivity contribution in [1.82, 2.24) is 10.1 Å². The van der Waals surface area contributed by atoms with Crippen molar-refractivity contribution in [2.24, 2.45) is 22.4 Å². The van der Waals surface area contributed by atoms with E-state index in [1.807, 2.05) is 6.26 Å². The van der Waals surface area contributed by atoms with Crippen molar-refractivity contribution in [2.75, 3.05) is 24.4 Å². The molecule has 0 bridgehead atoms. The van der Waals surface area contributed by atoms with Gasteiger partial charge in [-0.15, -0.1) is 0 Å². The number of para-hydroxylation sites is 1. The summed E-state index contributed by atoms with van der Waals surface area (Å²) < 4.78 is 10.9. The van der Waals surface area contributed by atoms with Crippen LogP contribution in [-0.2, 0) is 16.0 Å². The number of aryl methyl sites for hydroxylation is 1. The Kier molecular flexibility index (Phi) is 7.83. The van der Waals surface area contributed by atoms with Gasteiger partial charge in [0, 0.05) is 24.2 Å². The molecule has 1 saturated carbocycles. The van der Waals surface area contributed by atoms with Crippen LogP contribution in [0.5, 0.6) is 5.75 Å². The lowest BCUT2D eigenvalue weighted by molar-refractivity contribution is -0.119. The van der Waals surface area contributed by atoms with Gasteiger partial charge in [0.25, 0.3) is 11.8 Å². The lowest BCUT2D eigenvalue weighted by atomic mass is 10.1. The van der Waals surface area contributed by atoms with Gasteiger partial charge in [0.2, 0.25) is 11.7 Å². The second-order valence-electron chi connectivity index (χ2n) is 7.21. The van der Waals surface area contributed by atoms with Crippen LogP contribution in [0, 0.1) is 11.3 Å². The van der Waals surface area contributed by atoms with Crippen molar-refractivity contribution in [2.45, 2.75) is 19.3 Å². The van der Waals surface area contributed by atoms with E-state index in [1.165, 1.54) is 13.2 Å². The van der Waals surface area contributed by atoms with E-state index >= 15 is 0 Å². The number of methoxy groups -OCH3 is 1. The second kappa shape index (κ2) is 10.8. The molecule has 6 N–H and O–H groups in total. The number of thioether (sulfide) groups is 1. The van der Waals surface area contributed by atoms with Gasteiger partial charge in [-0.05, 0) is 31.2 Å². The predicted molar refractivity (Wildman–Crippen MR) is 126 cm³/mol. The summed E-state index contributed by atoms with van der Waals surface area (Å²) in [5.41, 5.74) is 11.5. The Bertz CT molecular complexity index is 1120. The molecule has 1 aliphatic rings. The number of anilines is 1. The van der Waals surface area contributed by atoms with Crippen molar-refractivity contribution in [3.8, 4) is 17.1 Å². The number of carbonyl (C=O) groups is 2. The average Bonchev–Trinajstić information content (AvgIpc) is 3.54. The summed E-state index contributed by atoms with van der Waals surface area (Å²) in [5, 5.41) is 15.0. The standard InChI is InChI=1S/C21H25N7O4S/c1-31-18-12(20-27-16(32-28-20)8-9-33-2)4-3-5-13(18)25-14(17(23)19(24)29)10-15(22)26-21(30)11-6-7-11/h3-5,10-11,23,25H,6-9H2,1-2H3,(H2,24,29)(H2,22,26,30)/b14-10+,23-17?. The fraction of sp³-hybridized carbons (Fsp3) is 0.333. The van der Waals surface area contributed by atoms with E-state index in [1.54, 1.807) is 30.0 Å². The van der Waals surface area contributed by atoms with Gasteiger partial charge in [-0.1, -0.05) is 11.2 Å². The molecule has 0 atom stereocenters. The Labute approximate surface area is 194 Å². The van der Waals surface area contributed by atoms with Crippen LogP contribution in [0.25, 0.3) is 11.4 Å². The summed E-state index contributed by atoms with van der Waals surface area (Å²) in [4.78, 5) is 31.8. The third-order valence-electron chi connectivity index (χ3n) is 4.69. The molecule has 0 radical (unpaired) electrons. The predicted octanol–water partition coefficient (Wildman–Crippen LogP) is 1.75. The van der Waals surface area contributed by atoms with Gasteiger partial charge in [-0.3, -0.25) is 15.0 Å². The lowest BCUT2D eigenvalue weighted by Crippen LogP contribution is -2.28. The highest BCUT2D eigenvalue weighted by molar-refractivity contribution is 7.98. The first-order valence-corrected chi connectivity index (χ1v) is 11.5. The number of carbonyl (C=O) groups excluding carboxylic acids is 2. The van der Waals surface area contributed by atoms with E-state index in [9.17, 15) is 9.59 Å². The number of rotatable bonds is 11. The largest absolute Gasteiger partial charge is 0.494 e. The molecule has 3 rings (SSSR count).